The summed E-state index contributed by atoms with van der Waals surface area (Å²) < 4.78 is 6.07. The van der Waals surface area contributed by atoms with Gasteiger partial charge in [0.25, 0.3) is 0 Å². The van der Waals surface area contributed by atoms with Crippen molar-refractivity contribution in [2.45, 2.75) is 37.6 Å². The first-order chi connectivity index (χ1) is 27.1. The van der Waals surface area contributed by atoms with Gasteiger partial charge in [-0.05, 0) is 73.7 Å². The highest BCUT2D eigenvalue weighted by Gasteiger charge is 2.32. The van der Waals surface area contributed by atoms with E-state index in [1.807, 2.05) is 72.9 Å². The zero-order valence-corrected chi connectivity index (χ0v) is 30.5. The minimum Gasteiger partial charge on any atom is -0.465 e. The average Bonchev–Trinajstić information content (AvgIpc) is 3.97. The zero-order chi connectivity index (χ0) is 37.1. The van der Waals surface area contributed by atoms with Crippen LogP contribution >= 0.6 is 0 Å². The van der Waals surface area contributed by atoms with Crippen molar-refractivity contribution in [2.24, 2.45) is 5.92 Å². The number of ether oxygens (including phenoxy) is 1. The molecule has 1 heterocycles. The molecule has 0 aliphatic heterocycles. The predicted molar refractivity (Wildman–Crippen MR) is 218 cm³/mol. The number of benzene rings is 6. The van der Waals surface area contributed by atoms with Crippen LogP contribution in [0.1, 0.15) is 58.4 Å². The van der Waals surface area contributed by atoms with Crippen LogP contribution < -0.4 is 5.32 Å². The number of hydrogen-bond donors (Lipinski definition) is 2. The average molecular weight is 720 g/mol. The highest BCUT2D eigenvalue weighted by atomic mass is 16.5. The summed E-state index contributed by atoms with van der Waals surface area (Å²) in [5.41, 5.74) is 11.2. The van der Waals surface area contributed by atoms with E-state index >= 15 is 0 Å². The standard InChI is InChI=1S/C49H41N3O3/c53-47(55-31-44-42-20-10-8-18-40(42)41-19-9-11-21-43(41)44)29-38(27-32-22-23-33-12-4-5-16-36(33)26-32)49(54)52-45(28-37-25-24-34-13-6-7-17-39(34)37)48-50-30-46(51-48)35-14-2-1-3-15-35/h1-23,25-26,30,38,44-45H,24,27-29,31H2,(H,50,51)(H,52,54)/t38-,45+/m0/s1. The second kappa shape index (κ2) is 15.1. The Labute approximate surface area is 320 Å². The molecule has 2 N–H and O–H groups in total. The van der Waals surface area contributed by atoms with Gasteiger partial charge in [0.05, 0.1) is 30.3 Å². The lowest BCUT2D eigenvalue weighted by atomic mass is 9.92. The summed E-state index contributed by atoms with van der Waals surface area (Å²) in [5.74, 6) is -0.669. The lowest BCUT2D eigenvalue weighted by Crippen LogP contribution is -2.37. The van der Waals surface area contributed by atoms with Gasteiger partial charge in [-0.2, -0.15) is 0 Å². The number of rotatable bonds is 12. The molecular formula is C49H41N3O3. The number of esters is 1. The first-order valence-corrected chi connectivity index (χ1v) is 19.1. The number of nitrogens with zero attached hydrogens (tertiary/aromatic N) is 1. The summed E-state index contributed by atoms with van der Waals surface area (Å²) in [6.45, 7) is 0.210. The molecular weight excluding hydrogens is 679 g/mol. The van der Waals surface area contributed by atoms with Gasteiger partial charge in [0.1, 0.15) is 12.4 Å². The highest BCUT2D eigenvalue weighted by Crippen LogP contribution is 2.44. The number of amides is 1. The Morgan fingerprint density at radius 2 is 1.40 bits per heavy atom. The molecule has 0 radical (unpaired) electrons. The van der Waals surface area contributed by atoms with E-state index in [1.54, 1.807) is 0 Å². The molecule has 6 heteroatoms. The summed E-state index contributed by atoms with van der Waals surface area (Å²) >= 11 is 0. The van der Waals surface area contributed by atoms with Crippen molar-refractivity contribution in [2.75, 3.05) is 6.61 Å². The van der Waals surface area contributed by atoms with Crippen molar-refractivity contribution in [3.63, 3.8) is 0 Å². The third-order valence-electron chi connectivity index (χ3n) is 11.1. The SMILES string of the molecule is O=C(C[C@H](Cc1ccc2ccccc2c1)C(=O)N[C@H](CC1=CCc2ccccc21)c1ncc(-c2ccccc2)[nH]1)OCC1c2ccccc2-c2ccccc21. The summed E-state index contributed by atoms with van der Waals surface area (Å²) in [5, 5.41) is 5.58. The molecule has 2 aliphatic carbocycles. The third-order valence-corrected chi connectivity index (χ3v) is 11.1. The van der Waals surface area contributed by atoms with Gasteiger partial charge in [-0.1, -0.05) is 152 Å². The largest absolute Gasteiger partial charge is 0.465 e. The van der Waals surface area contributed by atoms with Crippen molar-refractivity contribution in [3.8, 4) is 22.4 Å². The van der Waals surface area contributed by atoms with Crippen LogP contribution in [0.4, 0.5) is 0 Å². The van der Waals surface area contributed by atoms with Gasteiger partial charge < -0.3 is 15.0 Å². The molecule has 0 saturated carbocycles. The lowest BCUT2D eigenvalue weighted by molar-refractivity contribution is -0.147. The van der Waals surface area contributed by atoms with Crippen molar-refractivity contribution < 1.29 is 14.3 Å². The molecule has 270 valence electrons. The molecule has 2 aliphatic rings. The summed E-state index contributed by atoms with van der Waals surface area (Å²) in [6, 6.07) is 49.1. The normalized spacial score (nSPS) is 14.1. The van der Waals surface area contributed by atoms with E-state index in [4.69, 9.17) is 9.72 Å². The lowest BCUT2D eigenvalue weighted by Gasteiger charge is -2.23. The van der Waals surface area contributed by atoms with Gasteiger partial charge in [-0.15, -0.1) is 0 Å². The Morgan fingerprint density at radius 1 is 0.727 bits per heavy atom. The van der Waals surface area contributed by atoms with Crippen molar-refractivity contribution in [3.05, 3.63) is 192 Å². The number of allylic oxidation sites excluding steroid dienone is 1. The fourth-order valence-electron chi connectivity index (χ4n) is 8.34. The van der Waals surface area contributed by atoms with Gasteiger partial charge in [-0.25, -0.2) is 4.98 Å². The van der Waals surface area contributed by atoms with Crippen LogP contribution in [0, 0.1) is 5.92 Å². The molecule has 1 amide bonds. The number of carbonyl (C=O) groups excluding carboxylic acids is 2. The molecule has 6 aromatic carbocycles. The molecule has 0 unspecified atom stereocenters. The summed E-state index contributed by atoms with van der Waals surface area (Å²) in [7, 11) is 0. The number of nitrogens with one attached hydrogen (secondary N) is 2. The van der Waals surface area contributed by atoms with Crippen LogP contribution in [0.5, 0.6) is 0 Å². The van der Waals surface area contributed by atoms with Crippen molar-refractivity contribution >= 4 is 28.2 Å². The first kappa shape index (κ1) is 34.3. The van der Waals surface area contributed by atoms with E-state index in [2.05, 4.69) is 95.2 Å². The quantitative estimate of drug-likeness (QED) is 0.123. The molecule has 0 spiro atoms. The van der Waals surface area contributed by atoms with Crippen molar-refractivity contribution in [1.82, 2.24) is 15.3 Å². The Bertz CT molecular complexity index is 2510. The van der Waals surface area contributed by atoms with Crippen LogP contribution in [-0.4, -0.2) is 28.5 Å². The second-order valence-corrected chi connectivity index (χ2v) is 14.6. The molecule has 0 saturated heterocycles. The fraction of sp³-hybridized carbons (Fsp3) is 0.163. The van der Waals surface area contributed by atoms with E-state index in [0.717, 1.165) is 45.1 Å². The number of H-pyrrole nitrogens is 1. The summed E-state index contributed by atoms with van der Waals surface area (Å²) in [4.78, 5) is 36.8. The number of carbonyl (C=O) groups is 2. The van der Waals surface area contributed by atoms with Gasteiger partial charge in [0.15, 0.2) is 0 Å². The second-order valence-electron chi connectivity index (χ2n) is 14.6. The Balaban J connectivity index is 0.991. The van der Waals surface area contributed by atoms with E-state index in [1.165, 1.54) is 27.8 Å². The molecule has 1 aromatic heterocycles. The smallest absolute Gasteiger partial charge is 0.306 e. The Kier molecular flexibility index (Phi) is 9.39. The van der Waals surface area contributed by atoms with Gasteiger partial charge >= 0.3 is 5.97 Å². The number of aromatic nitrogens is 2. The Hall–Kier alpha value is -6.53. The molecule has 55 heavy (non-hydrogen) atoms. The molecule has 7 aromatic rings. The molecule has 6 nitrogen and oxygen atoms in total. The topological polar surface area (TPSA) is 84.1 Å². The van der Waals surface area contributed by atoms with E-state index in [0.29, 0.717) is 18.7 Å². The minimum atomic E-state index is -0.673. The molecule has 0 fully saturated rings. The van der Waals surface area contributed by atoms with E-state index in [-0.39, 0.29) is 24.9 Å². The maximum atomic E-state index is 14.6. The maximum Gasteiger partial charge on any atom is 0.306 e. The van der Waals surface area contributed by atoms with Crippen LogP contribution in [0.15, 0.2) is 158 Å². The Morgan fingerprint density at radius 3 is 2.18 bits per heavy atom. The van der Waals surface area contributed by atoms with Crippen LogP contribution in [0.3, 0.4) is 0 Å². The fourth-order valence-corrected chi connectivity index (χ4v) is 8.34. The number of fused-ring (bicyclic) bond motifs is 5. The predicted octanol–water partition coefficient (Wildman–Crippen LogP) is 10.0. The molecule has 2 atom stereocenters. The zero-order valence-electron chi connectivity index (χ0n) is 30.5. The molecule has 0 bridgehead atoms. The third kappa shape index (κ3) is 7.11. The molecule has 9 rings (SSSR count). The van der Waals surface area contributed by atoms with Crippen molar-refractivity contribution in [1.29, 1.82) is 0 Å². The van der Waals surface area contributed by atoms with Gasteiger partial charge in [-0.3, -0.25) is 9.59 Å². The number of hydrogen-bond acceptors (Lipinski definition) is 4. The van der Waals surface area contributed by atoms with E-state index in [9.17, 15) is 9.59 Å². The highest BCUT2D eigenvalue weighted by molar-refractivity contribution is 5.86. The van der Waals surface area contributed by atoms with Crippen LogP contribution in [0.25, 0.3) is 38.7 Å². The van der Waals surface area contributed by atoms with Crippen LogP contribution in [0.2, 0.25) is 0 Å². The summed E-state index contributed by atoms with van der Waals surface area (Å²) in [6.07, 6.45) is 5.80. The first-order valence-electron chi connectivity index (χ1n) is 19.1. The number of imidazole rings is 1. The minimum absolute atomic E-state index is 0.0552. The van der Waals surface area contributed by atoms with Gasteiger partial charge in [0.2, 0.25) is 5.91 Å². The van der Waals surface area contributed by atoms with Crippen LogP contribution in [-0.2, 0) is 27.2 Å². The van der Waals surface area contributed by atoms with Gasteiger partial charge in [0, 0.05) is 12.3 Å². The monoisotopic (exact) mass is 719 g/mol. The number of aromatic amines is 1. The van der Waals surface area contributed by atoms with E-state index < -0.39 is 17.9 Å². The maximum absolute atomic E-state index is 14.6.